The van der Waals surface area contributed by atoms with Crippen LogP contribution in [-0.2, 0) is 0 Å². The number of halogens is 2. The van der Waals surface area contributed by atoms with E-state index >= 15 is 0 Å². The molecule has 0 aliphatic carbocycles. The Bertz CT molecular complexity index is 992. The van der Waals surface area contributed by atoms with Crippen molar-refractivity contribution in [3.8, 4) is 0 Å². The maximum Gasteiger partial charge on any atom is 0.255 e. The van der Waals surface area contributed by atoms with Crippen LogP contribution in [0.3, 0.4) is 0 Å². The van der Waals surface area contributed by atoms with Gasteiger partial charge in [0.05, 0.1) is 6.04 Å². The lowest BCUT2D eigenvalue weighted by molar-refractivity contribution is 0.102. The molecule has 0 aliphatic rings. The molecule has 0 fully saturated rings. The zero-order chi connectivity index (χ0) is 20.8. The third-order valence-corrected chi connectivity index (χ3v) is 4.97. The maximum atomic E-state index is 13.0. The fourth-order valence-electron chi connectivity index (χ4n) is 2.64. The van der Waals surface area contributed by atoms with Gasteiger partial charge in [0.2, 0.25) is 0 Å². The Balaban J connectivity index is 1.54. The van der Waals surface area contributed by atoms with Crippen molar-refractivity contribution in [3.05, 3.63) is 94.2 Å². The monoisotopic (exact) mass is 471 g/mol. The van der Waals surface area contributed by atoms with Gasteiger partial charge < -0.3 is 16.0 Å². The molecule has 0 saturated heterocycles. The molecular weight excluding hydrogens is 453 g/mol. The average molecular weight is 472 g/mol. The Labute approximate surface area is 182 Å². The van der Waals surface area contributed by atoms with Gasteiger partial charge in [-0.25, -0.2) is 4.39 Å². The number of rotatable bonds is 5. The second-order valence-electron chi connectivity index (χ2n) is 6.41. The van der Waals surface area contributed by atoms with E-state index in [-0.39, 0.29) is 17.8 Å². The van der Waals surface area contributed by atoms with Gasteiger partial charge in [-0.15, -0.1) is 0 Å². The molecule has 148 valence electrons. The summed E-state index contributed by atoms with van der Waals surface area (Å²) < 4.78 is 14.0. The summed E-state index contributed by atoms with van der Waals surface area (Å²) in [5, 5.41) is 9.65. The summed E-state index contributed by atoms with van der Waals surface area (Å²) in [5.74, 6) is -0.678. The van der Waals surface area contributed by atoms with Crippen molar-refractivity contribution >= 4 is 50.5 Å². The number of thiocarbonyl (C=S) groups is 1. The van der Waals surface area contributed by atoms with Gasteiger partial charge in [-0.2, -0.15) is 0 Å². The van der Waals surface area contributed by atoms with Crippen LogP contribution in [0.1, 0.15) is 28.9 Å². The van der Waals surface area contributed by atoms with E-state index in [1.165, 1.54) is 24.3 Å². The van der Waals surface area contributed by atoms with Gasteiger partial charge in [0.25, 0.3) is 5.91 Å². The zero-order valence-corrected chi connectivity index (χ0v) is 18.0. The van der Waals surface area contributed by atoms with Crippen molar-refractivity contribution in [1.82, 2.24) is 5.32 Å². The zero-order valence-electron chi connectivity index (χ0n) is 15.6. The first-order valence-electron chi connectivity index (χ1n) is 8.91. The van der Waals surface area contributed by atoms with Gasteiger partial charge in [-0.1, -0.05) is 28.1 Å². The van der Waals surface area contributed by atoms with Crippen molar-refractivity contribution in [1.29, 1.82) is 0 Å². The van der Waals surface area contributed by atoms with Crippen molar-refractivity contribution in [2.75, 3.05) is 10.6 Å². The van der Waals surface area contributed by atoms with E-state index in [0.717, 1.165) is 15.7 Å². The third kappa shape index (κ3) is 6.10. The minimum atomic E-state index is -0.379. The van der Waals surface area contributed by atoms with Crippen molar-refractivity contribution in [3.63, 3.8) is 0 Å². The lowest BCUT2D eigenvalue weighted by Crippen LogP contribution is -2.30. The molecule has 4 nitrogen and oxygen atoms in total. The molecular formula is C22H19BrFN3OS. The van der Waals surface area contributed by atoms with Crippen molar-refractivity contribution in [2.45, 2.75) is 13.0 Å². The summed E-state index contributed by atoms with van der Waals surface area (Å²) in [6.07, 6.45) is 0. The molecule has 3 N–H and O–H groups in total. The van der Waals surface area contributed by atoms with Gasteiger partial charge in [0.1, 0.15) is 5.82 Å². The predicted molar refractivity (Wildman–Crippen MR) is 123 cm³/mol. The molecule has 1 atom stereocenters. The second kappa shape index (κ2) is 9.62. The van der Waals surface area contributed by atoms with Crippen LogP contribution in [0, 0.1) is 5.82 Å². The highest BCUT2D eigenvalue weighted by Gasteiger charge is 2.08. The highest BCUT2D eigenvalue weighted by molar-refractivity contribution is 9.10. The highest BCUT2D eigenvalue weighted by Crippen LogP contribution is 2.18. The van der Waals surface area contributed by atoms with Gasteiger partial charge in [0.15, 0.2) is 5.11 Å². The van der Waals surface area contributed by atoms with Crippen LogP contribution >= 0.6 is 28.1 Å². The smallest absolute Gasteiger partial charge is 0.255 e. The first-order chi connectivity index (χ1) is 13.9. The second-order valence-corrected chi connectivity index (χ2v) is 7.73. The van der Waals surface area contributed by atoms with E-state index in [4.69, 9.17) is 12.2 Å². The molecule has 7 heteroatoms. The Morgan fingerprint density at radius 3 is 2.03 bits per heavy atom. The number of amides is 1. The number of anilines is 2. The van der Waals surface area contributed by atoms with E-state index in [0.29, 0.717) is 16.4 Å². The minimum absolute atomic E-state index is 0.0531. The molecule has 3 aromatic carbocycles. The van der Waals surface area contributed by atoms with E-state index in [2.05, 4.69) is 31.9 Å². The lowest BCUT2D eigenvalue weighted by atomic mass is 10.1. The fraction of sp³-hybridized carbons (Fsp3) is 0.0909. The quantitative estimate of drug-likeness (QED) is 0.406. The number of hydrogen-bond acceptors (Lipinski definition) is 2. The summed E-state index contributed by atoms with van der Waals surface area (Å²) >= 11 is 8.81. The van der Waals surface area contributed by atoms with Gasteiger partial charge in [0, 0.05) is 21.4 Å². The van der Waals surface area contributed by atoms with Crippen molar-refractivity contribution < 1.29 is 9.18 Å². The Morgan fingerprint density at radius 2 is 1.45 bits per heavy atom. The SMILES string of the molecule is CC(NC(=S)Nc1ccc(NC(=O)c2ccc(F)cc2)cc1)c1ccc(Br)cc1. The molecule has 0 radical (unpaired) electrons. The van der Waals surface area contributed by atoms with Crippen LogP contribution < -0.4 is 16.0 Å². The van der Waals surface area contributed by atoms with Crippen LogP contribution in [0.2, 0.25) is 0 Å². The number of hydrogen-bond donors (Lipinski definition) is 3. The van der Waals surface area contributed by atoms with Crippen molar-refractivity contribution in [2.24, 2.45) is 0 Å². The van der Waals surface area contributed by atoms with Crippen LogP contribution in [-0.4, -0.2) is 11.0 Å². The molecule has 29 heavy (non-hydrogen) atoms. The Morgan fingerprint density at radius 1 is 0.897 bits per heavy atom. The van der Waals surface area contributed by atoms with Crippen LogP contribution in [0.15, 0.2) is 77.3 Å². The molecule has 0 bridgehead atoms. The number of carbonyl (C=O) groups excluding carboxylic acids is 1. The van der Waals surface area contributed by atoms with Crippen LogP contribution in [0.5, 0.6) is 0 Å². The molecule has 0 aliphatic heterocycles. The number of benzene rings is 3. The summed E-state index contributed by atoms with van der Waals surface area (Å²) in [7, 11) is 0. The van der Waals surface area contributed by atoms with Crippen LogP contribution in [0.4, 0.5) is 15.8 Å². The number of nitrogens with one attached hydrogen (secondary N) is 3. The van der Waals surface area contributed by atoms with E-state index < -0.39 is 0 Å². The topological polar surface area (TPSA) is 53.2 Å². The third-order valence-electron chi connectivity index (χ3n) is 4.22. The summed E-state index contributed by atoms with van der Waals surface area (Å²) in [4.78, 5) is 12.2. The molecule has 0 heterocycles. The summed E-state index contributed by atoms with van der Waals surface area (Å²) in [5.41, 5.74) is 2.94. The van der Waals surface area contributed by atoms with E-state index in [1.54, 1.807) is 12.1 Å². The predicted octanol–water partition coefficient (Wildman–Crippen LogP) is 5.89. The lowest BCUT2D eigenvalue weighted by Gasteiger charge is -2.17. The normalized spacial score (nSPS) is 11.4. The number of carbonyl (C=O) groups is 1. The summed E-state index contributed by atoms with van der Waals surface area (Å²) in [6, 6.07) is 20.7. The molecule has 0 spiro atoms. The maximum absolute atomic E-state index is 13.0. The van der Waals surface area contributed by atoms with Gasteiger partial charge >= 0.3 is 0 Å². The van der Waals surface area contributed by atoms with E-state index in [1.807, 2.05) is 43.3 Å². The summed E-state index contributed by atoms with van der Waals surface area (Å²) in [6.45, 7) is 2.03. The average Bonchev–Trinajstić information content (AvgIpc) is 2.70. The standard InChI is InChI=1S/C22H19BrFN3OS/c1-14(15-2-6-17(23)7-3-15)25-22(29)27-20-12-10-19(11-13-20)26-21(28)16-4-8-18(24)9-5-16/h2-14H,1H3,(H,26,28)(H2,25,27,29). The molecule has 3 aromatic rings. The Kier molecular flexibility index (Phi) is 6.95. The highest BCUT2D eigenvalue weighted by atomic mass is 79.9. The molecule has 1 amide bonds. The molecule has 0 saturated carbocycles. The van der Waals surface area contributed by atoms with Gasteiger partial charge in [-0.3, -0.25) is 4.79 Å². The molecule has 3 rings (SSSR count). The largest absolute Gasteiger partial charge is 0.356 e. The first kappa shape index (κ1) is 21.0. The molecule has 0 aromatic heterocycles. The fourth-order valence-corrected chi connectivity index (χ4v) is 3.20. The van der Waals surface area contributed by atoms with E-state index in [9.17, 15) is 9.18 Å². The first-order valence-corrected chi connectivity index (χ1v) is 10.1. The van der Waals surface area contributed by atoms with Gasteiger partial charge in [-0.05, 0) is 85.4 Å². The Hall–Kier alpha value is -2.77. The van der Waals surface area contributed by atoms with Crippen LogP contribution in [0.25, 0.3) is 0 Å². The molecule has 1 unspecified atom stereocenters. The minimum Gasteiger partial charge on any atom is -0.356 e.